The fourth-order valence-corrected chi connectivity index (χ4v) is 7.76. The lowest BCUT2D eigenvalue weighted by Gasteiger charge is -2.47. The molecule has 10 heteroatoms. The number of hydrogen-bond donors (Lipinski definition) is 0. The second-order valence-corrected chi connectivity index (χ2v) is 16.5. The summed E-state index contributed by atoms with van der Waals surface area (Å²) in [6.45, 7) is 23.3. The molecule has 3 aliphatic heterocycles. The second kappa shape index (κ2) is 15.1. The number of nitrogens with zero attached hydrogens (tertiary/aromatic N) is 5. The first-order valence-electron chi connectivity index (χ1n) is 18.3. The van der Waals surface area contributed by atoms with Crippen molar-refractivity contribution >= 4 is 35.1 Å². The zero-order valence-corrected chi connectivity index (χ0v) is 32.7. The molecule has 2 atom stereocenters. The summed E-state index contributed by atoms with van der Waals surface area (Å²) in [6.07, 6.45) is -0.0824. The van der Waals surface area contributed by atoms with Crippen molar-refractivity contribution in [3.05, 3.63) is 99.0 Å². The summed E-state index contributed by atoms with van der Waals surface area (Å²) in [5, 5.41) is 1.27. The van der Waals surface area contributed by atoms with E-state index < -0.39 is 11.1 Å². The van der Waals surface area contributed by atoms with Gasteiger partial charge in [-0.15, -0.1) is 0 Å². The van der Waals surface area contributed by atoms with Gasteiger partial charge in [-0.3, -0.25) is 19.7 Å². The Bertz CT molecular complexity index is 1710. The molecule has 3 aliphatic rings. The molecule has 0 aromatic heterocycles. The van der Waals surface area contributed by atoms with Crippen molar-refractivity contribution in [2.24, 2.45) is 4.99 Å². The van der Waals surface area contributed by atoms with Gasteiger partial charge in [-0.1, -0.05) is 74.3 Å². The van der Waals surface area contributed by atoms with Gasteiger partial charge in [-0.05, 0) is 86.2 Å². The maximum Gasteiger partial charge on any atom is 0.326 e. The Morgan fingerprint density at radius 1 is 0.824 bits per heavy atom. The molecule has 3 aromatic rings. The smallest absolute Gasteiger partial charge is 0.326 e. The number of halogens is 2. The van der Waals surface area contributed by atoms with E-state index in [1.807, 2.05) is 72.2 Å². The van der Waals surface area contributed by atoms with Crippen LogP contribution in [0.1, 0.15) is 70.7 Å². The van der Waals surface area contributed by atoms with Gasteiger partial charge in [0.1, 0.15) is 22.7 Å². The van der Waals surface area contributed by atoms with E-state index in [0.29, 0.717) is 34.7 Å². The normalized spacial score (nSPS) is 23.5. The third kappa shape index (κ3) is 7.67. The lowest BCUT2D eigenvalue weighted by Crippen LogP contribution is -2.61. The average molecular weight is 735 g/mol. The van der Waals surface area contributed by atoms with Crippen LogP contribution < -0.4 is 4.74 Å². The third-order valence-electron chi connectivity index (χ3n) is 10.9. The van der Waals surface area contributed by atoms with Gasteiger partial charge in [0.05, 0.1) is 24.9 Å². The molecule has 2 saturated heterocycles. The predicted octanol–water partition coefficient (Wildman–Crippen LogP) is 8.04. The Kier molecular flexibility index (Phi) is 11.1. The topological polar surface area (TPSA) is 60.9 Å². The van der Waals surface area contributed by atoms with Crippen LogP contribution in [0.5, 0.6) is 5.75 Å². The van der Waals surface area contributed by atoms with E-state index in [1.54, 1.807) is 0 Å². The van der Waals surface area contributed by atoms with Gasteiger partial charge in [0.25, 0.3) is 0 Å². The lowest BCUT2D eigenvalue weighted by molar-refractivity contribution is 0.0299. The van der Waals surface area contributed by atoms with Gasteiger partial charge in [-0.25, -0.2) is 4.79 Å². The van der Waals surface area contributed by atoms with Gasteiger partial charge in [0, 0.05) is 62.4 Å². The van der Waals surface area contributed by atoms with Crippen molar-refractivity contribution in [3.8, 4) is 5.75 Å². The fourth-order valence-electron chi connectivity index (χ4n) is 7.50. The first-order valence-corrected chi connectivity index (χ1v) is 19.0. The summed E-state index contributed by atoms with van der Waals surface area (Å²) >= 11 is 12.9. The van der Waals surface area contributed by atoms with Crippen LogP contribution in [0.15, 0.2) is 71.7 Å². The van der Waals surface area contributed by atoms with Crippen molar-refractivity contribution in [1.29, 1.82) is 0 Å². The van der Waals surface area contributed by atoms with Crippen LogP contribution in [0, 0.1) is 0 Å². The number of carbonyl (C=O) groups excluding carboxylic acids is 1. The fraction of sp³-hybridized carbons (Fsp3) is 0.512. The summed E-state index contributed by atoms with van der Waals surface area (Å²) in [5.41, 5.74) is 1.84. The van der Waals surface area contributed by atoms with E-state index in [0.717, 1.165) is 74.7 Å². The minimum absolute atomic E-state index is 0.0767. The lowest BCUT2D eigenvalue weighted by atomic mass is 9.71. The van der Waals surface area contributed by atoms with Gasteiger partial charge in [-0.2, -0.15) is 0 Å². The number of rotatable bonds is 8. The minimum atomic E-state index is -0.955. The van der Waals surface area contributed by atoms with Crippen molar-refractivity contribution in [2.75, 3.05) is 65.6 Å². The van der Waals surface area contributed by atoms with Crippen LogP contribution in [0.2, 0.25) is 10.0 Å². The maximum atomic E-state index is 15.3. The summed E-state index contributed by atoms with van der Waals surface area (Å²) in [7, 11) is 0. The summed E-state index contributed by atoms with van der Waals surface area (Å²) in [5.74, 6) is 1.29. The number of aliphatic imine (C=N–C) groups is 1. The van der Waals surface area contributed by atoms with E-state index in [4.69, 9.17) is 37.7 Å². The first-order chi connectivity index (χ1) is 24.2. The monoisotopic (exact) mass is 733 g/mol. The first kappa shape index (κ1) is 37.6. The Morgan fingerprint density at radius 2 is 1.37 bits per heavy atom. The largest absolute Gasteiger partial charge is 0.490 e. The molecule has 0 radical (unpaired) electrons. The van der Waals surface area contributed by atoms with Crippen LogP contribution in [-0.4, -0.2) is 103 Å². The quantitative estimate of drug-likeness (QED) is 0.235. The second-order valence-electron chi connectivity index (χ2n) is 15.6. The van der Waals surface area contributed by atoms with Gasteiger partial charge in [0.2, 0.25) is 0 Å². The Morgan fingerprint density at radius 3 is 1.92 bits per heavy atom. The molecule has 0 N–H and O–H groups in total. The van der Waals surface area contributed by atoms with E-state index in [2.05, 4.69) is 62.6 Å². The standard InChI is InChI=1S/C41H53Cl2N5O3/c1-29(2)51-36-28-32(39(3,4)5)12-17-35(36)37-44-40(6,30-8-13-33(42)14-9-30)41(7,31-10-15-34(43)16-11-31)48(37)38(49)47-22-20-45(21-23-47)18-19-46-24-26-50-27-25-46/h8-17,28-29H,18-27H2,1-7H3/t40-,41-/m0/s1. The highest BCUT2D eigenvalue weighted by atomic mass is 35.5. The summed E-state index contributed by atoms with van der Waals surface area (Å²) in [4.78, 5) is 29.8. The van der Waals surface area contributed by atoms with Crippen LogP contribution in [0.3, 0.4) is 0 Å². The van der Waals surface area contributed by atoms with E-state index in [9.17, 15) is 0 Å². The van der Waals surface area contributed by atoms with Crippen molar-refractivity contribution in [2.45, 2.75) is 71.1 Å². The molecule has 51 heavy (non-hydrogen) atoms. The zero-order valence-electron chi connectivity index (χ0n) is 31.2. The maximum absolute atomic E-state index is 15.3. The van der Waals surface area contributed by atoms with E-state index in [1.165, 1.54) is 0 Å². The molecule has 0 aliphatic carbocycles. The highest BCUT2D eigenvalue weighted by Crippen LogP contribution is 2.54. The van der Waals surface area contributed by atoms with Crippen molar-refractivity contribution in [3.63, 3.8) is 0 Å². The molecule has 0 bridgehead atoms. The number of piperazine rings is 1. The number of hydrogen-bond acceptors (Lipinski definition) is 6. The van der Waals surface area contributed by atoms with Gasteiger partial charge >= 0.3 is 6.03 Å². The van der Waals surface area contributed by atoms with Crippen LogP contribution >= 0.6 is 23.2 Å². The summed E-state index contributed by atoms with van der Waals surface area (Å²) < 4.78 is 12.1. The number of ether oxygens (including phenoxy) is 2. The highest BCUT2D eigenvalue weighted by Gasteiger charge is 2.60. The van der Waals surface area contributed by atoms with Crippen molar-refractivity contribution < 1.29 is 14.3 Å². The molecular weight excluding hydrogens is 681 g/mol. The number of urea groups is 1. The van der Waals surface area contributed by atoms with E-state index in [-0.39, 0.29) is 17.6 Å². The molecule has 6 rings (SSSR count). The van der Waals surface area contributed by atoms with Crippen LogP contribution in [0.4, 0.5) is 4.79 Å². The number of benzene rings is 3. The van der Waals surface area contributed by atoms with E-state index >= 15 is 4.79 Å². The molecule has 3 aromatic carbocycles. The Hall–Kier alpha value is -3.14. The average Bonchev–Trinajstić information content (AvgIpc) is 3.35. The number of amidine groups is 1. The van der Waals surface area contributed by atoms with Crippen LogP contribution in [-0.2, 0) is 21.2 Å². The SMILES string of the molecule is CC(C)Oc1cc(C(C)(C)C)ccc1C1=N[C@@](C)(c2ccc(Cl)cc2)[C@](C)(c2ccc(Cl)cc2)N1C(=O)N1CCN(CCN2CCOCC2)CC1. The summed E-state index contributed by atoms with van der Waals surface area (Å²) in [6, 6.07) is 21.9. The zero-order chi connectivity index (χ0) is 36.6. The molecule has 8 nitrogen and oxygen atoms in total. The third-order valence-corrected chi connectivity index (χ3v) is 11.4. The van der Waals surface area contributed by atoms with Crippen molar-refractivity contribution in [1.82, 2.24) is 19.6 Å². The van der Waals surface area contributed by atoms with Gasteiger partial charge in [0.15, 0.2) is 0 Å². The molecule has 2 amide bonds. The van der Waals surface area contributed by atoms with Crippen LogP contribution in [0.25, 0.3) is 0 Å². The number of morpholine rings is 1. The predicted molar refractivity (Wildman–Crippen MR) is 208 cm³/mol. The molecule has 2 fully saturated rings. The molecule has 0 saturated carbocycles. The molecule has 3 heterocycles. The minimum Gasteiger partial charge on any atom is -0.490 e. The Labute approximate surface area is 314 Å². The molecule has 0 spiro atoms. The molecule has 0 unspecified atom stereocenters. The Balaban J connectivity index is 1.45. The molecule has 274 valence electrons. The van der Waals surface area contributed by atoms with Gasteiger partial charge < -0.3 is 14.4 Å². The number of carbonyl (C=O) groups is 1. The number of amides is 2. The highest BCUT2D eigenvalue weighted by molar-refractivity contribution is 6.30. The molecular formula is C41H53Cl2N5O3.